The molecule has 17 heavy (non-hydrogen) atoms. The second-order valence-electron chi connectivity index (χ2n) is 5.52. The lowest BCUT2D eigenvalue weighted by atomic mass is 9.82. The molecule has 2 fully saturated rings. The van der Waals surface area contributed by atoms with Crippen molar-refractivity contribution in [1.29, 1.82) is 0 Å². The average Bonchev–Trinajstić information content (AvgIpc) is 2.71. The van der Waals surface area contributed by atoms with Gasteiger partial charge in [-0.15, -0.1) is 0 Å². The van der Waals surface area contributed by atoms with Crippen LogP contribution < -0.4 is 10.6 Å². The van der Waals surface area contributed by atoms with E-state index < -0.39 is 0 Å². The topological polar surface area (TPSA) is 50.4 Å². The zero-order valence-corrected chi connectivity index (χ0v) is 10.8. The lowest BCUT2D eigenvalue weighted by molar-refractivity contribution is -0.127. The third kappa shape index (κ3) is 3.19. The summed E-state index contributed by atoms with van der Waals surface area (Å²) in [5.41, 5.74) is 0.308. The van der Waals surface area contributed by atoms with Gasteiger partial charge in [0.1, 0.15) is 0 Å². The molecular formula is C13H24N2O2. The van der Waals surface area contributed by atoms with Gasteiger partial charge < -0.3 is 15.4 Å². The van der Waals surface area contributed by atoms with Gasteiger partial charge in [-0.05, 0) is 24.7 Å². The summed E-state index contributed by atoms with van der Waals surface area (Å²) in [6.07, 6.45) is 6.14. The van der Waals surface area contributed by atoms with Gasteiger partial charge >= 0.3 is 0 Å². The fraction of sp³-hybridized carbons (Fsp3) is 0.923. The molecule has 1 saturated heterocycles. The third-order valence-corrected chi connectivity index (χ3v) is 4.29. The summed E-state index contributed by atoms with van der Waals surface area (Å²) in [7, 11) is 1.75. The molecule has 0 aromatic heterocycles. The molecule has 1 heterocycles. The fourth-order valence-electron chi connectivity index (χ4n) is 2.85. The molecule has 0 aromatic rings. The first kappa shape index (κ1) is 12.8. The largest absolute Gasteiger partial charge is 0.385 e. The predicted molar refractivity (Wildman–Crippen MR) is 66.8 cm³/mol. The van der Waals surface area contributed by atoms with Crippen LogP contribution >= 0.6 is 0 Å². The minimum Gasteiger partial charge on any atom is -0.385 e. The maximum atomic E-state index is 11.8. The van der Waals surface area contributed by atoms with Crippen molar-refractivity contribution in [2.24, 2.45) is 11.3 Å². The number of hydrogen-bond donors (Lipinski definition) is 2. The molecule has 2 N–H and O–H groups in total. The highest BCUT2D eigenvalue weighted by Crippen LogP contribution is 2.40. The summed E-state index contributed by atoms with van der Waals surface area (Å²) in [4.78, 5) is 11.8. The molecule has 4 heteroatoms. The van der Waals surface area contributed by atoms with Crippen molar-refractivity contribution in [3.63, 3.8) is 0 Å². The van der Waals surface area contributed by atoms with Crippen molar-refractivity contribution in [3.05, 3.63) is 0 Å². The molecule has 0 bridgehead atoms. The van der Waals surface area contributed by atoms with E-state index in [0.29, 0.717) is 5.41 Å². The minimum atomic E-state index is 0.205. The highest BCUT2D eigenvalue weighted by molar-refractivity contribution is 5.80. The van der Waals surface area contributed by atoms with E-state index in [0.717, 1.165) is 32.7 Å². The smallest absolute Gasteiger partial charge is 0.225 e. The van der Waals surface area contributed by atoms with Gasteiger partial charge in [0.2, 0.25) is 5.91 Å². The molecule has 2 aliphatic rings. The number of carbonyl (C=O) groups excluding carboxylic acids is 1. The Morgan fingerprint density at radius 1 is 1.41 bits per heavy atom. The molecular weight excluding hydrogens is 216 g/mol. The Hall–Kier alpha value is -0.610. The second-order valence-corrected chi connectivity index (χ2v) is 5.52. The number of ether oxygens (including phenoxy) is 1. The van der Waals surface area contributed by atoms with Gasteiger partial charge in [-0.2, -0.15) is 0 Å². The Labute approximate surface area is 103 Å². The molecule has 4 nitrogen and oxygen atoms in total. The number of nitrogens with one attached hydrogen (secondary N) is 2. The van der Waals surface area contributed by atoms with E-state index in [1.807, 2.05) is 0 Å². The monoisotopic (exact) mass is 240 g/mol. The molecule has 98 valence electrons. The standard InChI is InChI=1S/C13H24N2O2/c1-17-7-6-13(4-2-3-5-13)10-15-12(16)11-8-14-9-11/h11,14H,2-10H2,1H3,(H,15,16). The third-order valence-electron chi connectivity index (χ3n) is 4.29. The van der Waals surface area contributed by atoms with Crippen molar-refractivity contribution in [3.8, 4) is 0 Å². The van der Waals surface area contributed by atoms with Crippen LogP contribution in [0, 0.1) is 11.3 Å². The van der Waals surface area contributed by atoms with Crippen molar-refractivity contribution in [2.75, 3.05) is 33.4 Å². The van der Waals surface area contributed by atoms with Crippen LogP contribution in [-0.2, 0) is 9.53 Å². The van der Waals surface area contributed by atoms with Gasteiger partial charge in [-0.1, -0.05) is 12.8 Å². The number of methoxy groups -OCH3 is 1. The summed E-state index contributed by atoms with van der Waals surface area (Å²) in [5, 5.41) is 6.27. The van der Waals surface area contributed by atoms with Gasteiger partial charge in [-0.25, -0.2) is 0 Å². The molecule has 1 amide bonds. The number of rotatable bonds is 6. The van der Waals surface area contributed by atoms with Crippen molar-refractivity contribution in [1.82, 2.24) is 10.6 Å². The quantitative estimate of drug-likeness (QED) is 0.726. The average molecular weight is 240 g/mol. The first-order chi connectivity index (χ1) is 8.26. The summed E-state index contributed by atoms with van der Waals surface area (Å²) in [6.45, 7) is 3.33. The fourth-order valence-corrected chi connectivity index (χ4v) is 2.85. The Morgan fingerprint density at radius 3 is 2.65 bits per heavy atom. The maximum Gasteiger partial charge on any atom is 0.225 e. The van der Waals surface area contributed by atoms with Crippen LogP contribution in [-0.4, -0.2) is 39.3 Å². The summed E-state index contributed by atoms with van der Waals surface area (Å²) >= 11 is 0. The van der Waals surface area contributed by atoms with Gasteiger partial charge in [0.15, 0.2) is 0 Å². The summed E-state index contributed by atoms with van der Waals surface area (Å²) in [6, 6.07) is 0. The van der Waals surface area contributed by atoms with Crippen LogP contribution in [0.4, 0.5) is 0 Å². The van der Waals surface area contributed by atoms with E-state index in [-0.39, 0.29) is 11.8 Å². The van der Waals surface area contributed by atoms with E-state index in [4.69, 9.17) is 4.74 Å². The van der Waals surface area contributed by atoms with Gasteiger partial charge in [0, 0.05) is 33.4 Å². The Kier molecular flexibility index (Phi) is 4.40. The maximum absolute atomic E-state index is 11.8. The summed E-state index contributed by atoms with van der Waals surface area (Å²) < 4.78 is 5.19. The summed E-state index contributed by atoms with van der Waals surface area (Å²) in [5.74, 6) is 0.434. The first-order valence-corrected chi connectivity index (χ1v) is 6.73. The van der Waals surface area contributed by atoms with Crippen LogP contribution in [0.5, 0.6) is 0 Å². The number of amides is 1. The molecule has 0 unspecified atom stereocenters. The van der Waals surface area contributed by atoms with Crippen molar-refractivity contribution >= 4 is 5.91 Å². The zero-order valence-electron chi connectivity index (χ0n) is 10.8. The SMILES string of the molecule is COCCC1(CNC(=O)C2CNC2)CCCC1. The highest BCUT2D eigenvalue weighted by atomic mass is 16.5. The molecule has 0 spiro atoms. The molecule has 0 atom stereocenters. The molecule has 0 aromatic carbocycles. The van der Waals surface area contributed by atoms with E-state index in [1.165, 1.54) is 25.7 Å². The Balaban J connectivity index is 1.78. The number of carbonyl (C=O) groups is 1. The van der Waals surface area contributed by atoms with E-state index >= 15 is 0 Å². The van der Waals surface area contributed by atoms with Crippen LogP contribution in [0.25, 0.3) is 0 Å². The van der Waals surface area contributed by atoms with Gasteiger partial charge in [0.25, 0.3) is 0 Å². The molecule has 1 aliphatic carbocycles. The van der Waals surface area contributed by atoms with Gasteiger partial charge in [0.05, 0.1) is 5.92 Å². The van der Waals surface area contributed by atoms with Crippen LogP contribution in [0.3, 0.4) is 0 Å². The molecule has 1 aliphatic heterocycles. The van der Waals surface area contributed by atoms with Crippen LogP contribution in [0.2, 0.25) is 0 Å². The van der Waals surface area contributed by atoms with E-state index in [2.05, 4.69) is 10.6 Å². The predicted octanol–water partition coefficient (Wildman–Crippen LogP) is 0.919. The number of hydrogen-bond acceptors (Lipinski definition) is 3. The lowest BCUT2D eigenvalue weighted by Crippen LogP contribution is -2.52. The van der Waals surface area contributed by atoms with Crippen LogP contribution in [0.15, 0.2) is 0 Å². The van der Waals surface area contributed by atoms with E-state index in [9.17, 15) is 4.79 Å². The highest BCUT2D eigenvalue weighted by Gasteiger charge is 2.35. The molecule has 1 saturated carbocycles. The Morgan fingerprint density at radius 2 is 2.12 bits per heavy atom. The Bertz CT molecular complexity index is 258. The second kappa shape index (κ2) is 5.83. The van der Waals surface area contributed by atoms with Crippen molar-refractivity contribution in [2.45, 2.75) is 32.1 Å². The molecule has 0 radical (unpaired) electrons. The molecule has 2 rings (SSSR count). The van der Waals surface area contributed by atoms with E-state index in [1.54, 1.807) is 7.11 Å². The minimum absolute atomic E-state index is 0.205. The first-order valence-electron chi connectivity index (χ1n) is 6.73. The van der Waals surface area contributed by atoms with Crippen molar-refractivity contribution < 1.29 is 9.53 Å². The zero-order chi connectivity index (χ0) is 12.1. The normalized spacial score (nSPS) is 23.4. The lowest BCUT2D eigenvalue weighted by Gasteiger charge is -2.32. The van der Waals surface area contributed by atoms with Crippen LogP contribution in [0.1, 0.15) is 32.1 Å². The van der Waals surface area contributed by atoms with Gasteiger partial charge in [-0.3, -0.25) is 4.79 Å².